The first-order chi connectivity index (χ1) is 18.6. The van der Waals surface area contributed by atoms with E-state index >= 15 is 0 Å². The molecule has 0 radical (unpaired) electrons. The minimum Gasteiger partial charge on any atom is -0.355 e. The summed E-state index contributed by atoms with van der Waals surface area (Å²) < 4.78 is 0. The molecular weight excluding hydrogens is 472 g/mol. The minimum atomic E-state index is 0.166. The van der Waals surface area contributed by atoms with Gasteiger partial charge in [-0.2, -0.15) is 0 Å². The number of nitrogens with zero attached hydrogens (tertiary/aromatic N) is 1. The van der Waals surface area contributed by atoms with Crippen LogP contribution in [0.4, 0.5) is 0 Å². The molecule has 0 spiro atoms. The highest BCUT2D eigenvalue weighted by Gasteiger charge is 2.24. The van der Waals surface area contributed by atoms with Crippen molar-refractivity contribution in [3.63, 3.8) is 0 Å². The van der Waals surface area contributed by atoms with E-state index in [0.29, 0.717) is 11.8 Å². The second-order valence-electron chi connectivity index (χ2n) is 12.3. The molecule has 4 aromatic rings. The molecule has 1 aliphatic rings. The highest BCUT2D eigenvalue weighted by atomic mass is 14.8. The van der Waals surface area contributed by atoms with Crippen molar-refractivity contribution < 1.29 is 0 Å². The predicted molar refractivity (Wildman–Crippen MR) is 169 cm³/mol. The molecule has 0 saturated heterocycles. The Morgan fingerprint density at radius 2 is 1.38 bits per heavy atom. The van der Waals surface area contributed by atoms with Crippen LogP contribution >= 0.6 is 0 Å². The van der Waals surface area contributed by atoms with E-state index in [9.17, 15) is 0 Å². The maximum Gasteiger partial charge on any atom is 0.0791 e. The third kappa shape index (κ3) is 5.76. The Bertz CT molecular complexity index is 1560. The Hall–Kier alpha value is -3.91. The number of aliphatic imine (C=N–C) groups is 1. The fraction of sp³-hybridized carbons (Fsp3) is 0.270. The average Bonchev–Trinajstić information content (AvgIpc) is 3.51. The Labute approximate surface area is 234 Å². The highest BCUT2D eigenvalue weighted by molar-refractivity contribution is 6.22. The van der Waals surface area contributed by atoms with Crippen molar-refractivity contribution in [2.24, 2.45) is 4.99 Å². The molecule has 0 saturated carbocycles. The second kappa shape index (κ2) is 10.7. The molecule has 1 aliphatic heterocycles. The first-order valence-corrected chi connectivity index (χ1v) is 14.1. The van der Waals surface area contributed by atoms with Gasteiger partial charge < -0.3 is 4.98 Å². The molecule has 39 heavy (non-hydrogen) atoms. The van der Waals surface area contributed by atoms with E-state index in [1.54, 1.807) is 0 Å². The number of benzene rings is 3. The SMILES string of the molecule is CC(C)c1ccc(C2=N/C(=C\c3ccc(/C=C/c4ccc(C(C)(C)C)cc4)[nH]3)c3ccccc32)c(C(C)C)c1. The summed E-state index contributed by atoms with van der Waals surface area (Å²) in [4.78, 5) is 8.76. The number of hydrogen-bond donors (Lipinski definition) is 1. The van der Waals surface area contributed by atoms with E-state index in [1.165, 1.54) is 38.9 Å². The van der Waals surface area contributed by atoms with Gasteiger partial charge in [0.05, 0.1) is 11.4 Å². The van der Waals surface area contributed by atoms with Gasteiger partial charge in [-0.1, -0.05) is 121 Å². The Balaban J connectivity index is 1.45. The van der Waals surface area contributed by atoms with E-state index in [4.69, 9.17) is 4.99 Å². The van der Waals surface area contributed by atoms with Gasteiger partial charge in [0.15, 0.2) is 0 Å². The van der Waals surface area contributed by atoms with E-state index in [0.717, 1.165) is 22.8 Å². The molecule has 3 aromatic carbocycles. The van der Waals surface area contributed by atoms with Crippen LogP contribution in [0, 0.1) is 0 Å². The topological polar surface area (TPSA) is 28.1 Å². The fourth-order valence-electron chi connectivity index (χ4n) is 5.14. The lowest BCUT2D eigenvalue weighted by molar-refractivity contribution is 0.590. The van der Waals surface area contributed by atoms with E-state index in [2.05, 4.69) is 151 Å². The number of aromatic nitrogens is 1. The van der Waals surface area contributed by atoms with Crippen molar-refractivity contribution in [3.8, 4) is 0 Å². The molecule has 0 aliphatic carbocycles. The van der Waals surface area contributed by atoms with Crippen LogP contribution in [0.25, 0.3) is 23.9 Å². The molecular formula is C37H40N2. The summed E-state index contributed by atoms with van der Waals surface area (Å²) in [5, 5.41) is 0. The van der Waals surface area contributed by atoms with E-state index < -0.39 is 0 Å². The maximum atomic E-state index is 5.21. The average molecular weight is 513 g/mol. The molecule has 0 unspecified atom stereocenters. The smallest absolute Gasteiger partial charge is 0.0791 e. The monoisotopic (exact) mass is 512 g/mol. The molecule has 198 valence electrons. The van der Waals surface area contributed by atoms with Gasteiger partial charge in [0.2, 0.25) is 0 Å². The first kappa shape index (κ1) is 26.7. The molecule has 0 amide bonds. The number of aromatic amines is 1. The van der Waals surface area contributed by atoms with E-state index in [-0.39, 0.29) is 5.41 Å². The Morgan fingerprint density at radius 1 is 0.692 bits per heavy atom. The van der Waals surface area contributed by atoms with Crippen molar-refractivity contribution in [3.05, 3.63) is 129 Å². The van der Waals surface area contributed by atoms with Crippen molar-refractivity contribution in [1.29, 1.82) is 0 Å². The fourth-order valence-corrected chi connectivity index (χ4v) is 5.14. The molecule has 0 fully saturated rings. The van der Waals surface area contributed by atoms with Gasteiger partial charge in [0, 0.05) is 28.1 Å². The molecule has 0 atom stereocenters. The van der Waals surface area contributed by atoms with Crippen molar-refractivity contribution in [1.82, 2.24) is 4.98 Å². The van der Waals surface area contributed by atoms with Crippen LogP contribution in [0.3, 0.4) is 0 Å². The standard InChI is InChI=1S/C37H40N2/c1-24(2)27-15-21-33(34(22-27)25(3)4)36-32-11-9-8-10-31(32)35(39-36)23-30-20-19-29(38-30)18-14-26-12-16-28(17-13-26)37(5,6)7/h8-25,38H,1-7H3/b18-14+,35-23-. The zero-order valence-corrected chi connectivity index (χ0v) is 24.3. The number of H-pyrrole nitrogens is 1. The number of hydrogen-bond acceptors (Lipinski definition) is 1. The van der Waals surface area contributed by atoms with Gasteiger partial charge in [-0.15, -0.1) is 0 Å². The number of rotatable bonds is 6. The maximum absolute atomic E-state index is 5.21. The lowest BCUT2D eigenvalue weighted by Crippen LogP contribution is -2.10. The van der Waals surface area contributed by atoms with Gasteiger partial charge in [-0.25, -0.2) is 4.99 Å². The van der Waals surface area contributed by atoms with Crippen LogP contribution < -0.4 is 0 Å². The van der Waals surface area contributed by atoms with Crippen LogP contribution in [-0.2, 0) is 5.41 Å². The second-order valence-corrected chi connectivity index (χ2v) is 12.3. The zero-order chi connectivity index (χ0) is 27.7. The molecule has 0 bridgehead atoms. The zero-order valence-electron chi connectivity index (χ0n) is 24.3. The largest absolute Gasteiger partial charge is 0.355 e. The van der Waals surface area contributed by atoms with Crippen LogP contribution in [0.2, 0.25) is 0 Å². The third-order valence-corrected chi connectivity index (χ3v) is 7.57. The van der Waals surface area contributed by atoms with Crippen LogP contribution in [-0.4, -0.2) is 10.7 Å². The van der Waals surface area contributed by atoms with Crippen molar-refractivity contribution in [2.45, 2.75) is 65.7 Å². The molecule has 1 N–H and O–H groups in total. The summed E-state index contributed by atoms with van der Waals surface area (Å²) in [7, 11) is 0. The normalized spacial score (nSPS) is 14.6. The molecule has 2 nitrogen and oxygen atoms in total. The molecule has 5 rings (SSSR count). The van der Waals surface area contributed by atoms with Crippen molar-refractivity contribution >= 4 is 29.6 Å². The minimum absolute atomic E-state index is 0.166. The van der Waals surface area contributed by atoms with Gasteiger partial charge >= 0.3 is 0 Å². The lowest BCUT2D eigenvalue weighted by atomic mass is 9.87. The van der Waals surface area contributed by atoms with E-state index in [1.807, 2.05) is 0 Å². The predicted octanol–water partition coefficient (Wildman–Crippen LogP) is 10.1. The van der Waals surface area contributed by atoms with Crippen LogP contribution in [0.5, 0.6) is 0 Å². The summed E-state index contributed by atoms with van der Waals surface area (Å²) >= 11 is 0. The summed E-state index contributed by atoms with van der Waals surface area (Å²) in [5.41, 5.74) is 13.3. The van der Waals surface area contributed by atoms with Crippen molar-refractivity contribution in [2.75, 3.05) is 0 Å². The molecule has 2 heterocycles. The Kier molecular flexibility index (Phi) is 7.32. The highest BCUT2D eigenvalue weighted by Crippen LogP contribution is 2.36. The quantitative estimate of drug-likeness (QED) is 0.266. The first-order valence-electron chi connectivity index (χ1n) is 14.1. The number of fused-ring (bicyclic) bond motifs is 1. The summed E-state index contributed by atoms with van der Waals surface area (Å²) in [6.45, 7) is 15.8. The summed E-state index contributed by atoms with van der Waals surface area (Å²) in [6.07, 6.45) is 6.46. The third-order valence-electron chi connectivity index (χ3n) is 7.57. The summed E-state index contributed by atoms with van der Waals surface area (Å²) in [6, 6.07) is 28.6. The molecule has 2 heteroatoms. The van der Waals surface area contributed by atoms with Crippen LogP contribution in [0.15, 0.2) is 83.9 Å². The Morgan fingerprint density at radius 3 is 2.05 bits per heavy atom. The lowest BCUT2D eigenvalue weighted by Gasteiger charge is -2.18. The van der Waals surface area contributed by atoms with Gasteiger partial charge in [0.25, 0.3) is 0 Å². The summed E-state index contributed by atoms with van der Waals surface area (Å²) in [5.74, 6) is 0.924. The van der Waals surface area contributed by atoms with Gasteiger partial charge in [0.1, 0.15) is 0 Å². The van der Waals surface area contributed by atoms with Gasteiger partial charge in [-0.05, 0) is 63.8 Å². The molecule has 1 aromatic heterocycles. The number of nitrogens with one attached hydrogen (secondary N) is 1. The van der Waals surface area contributed by atoms with Crippen LogP contribution in [0.1, 0.15) is 111 Å². The van der Waals surface area contributed by atoms with Gasteiger partial charge in [-0.3, -0.25) is 0 Å².